The maximum Gasteiger partial charge on any atom is 0.193 e. The van der Waals surface area contributed by atoms with E-state index in [0.29, 0.717) is 0 Å². The van der Waals surface area contributed by atoms with Crippen LogP contribution < -0.4 is 10.1 Å². The number of guanidine groups is 1. The lowest BCUT2D eigenvalue weighted by atomic mass is 9.99. The number of aliphatic imine (C=N–C) groups is 1. The number of ether oxygens (including phenoxy) is 1. The Hall–Kier alpha value is -0.980. The summed E-state index contributed by atoms with van der Waals surface area (Å²) < 4.78 is 5.44. The van der Waals surface area contributed by atoms with E-state index in [1.807, 2.05) is 13.1 Å². The fourth-order valence-electron chi connectivity index (χ4n) is 2.96. The van der Waals surface area contributed by atoms with Crippen LogP contribution in [-0.4, -0.2) is 44.7 Å². The average Bonchev–Trinajstić information content (AvgIpc) is 2.53. The van der Waals surface area contributed by atoms with E-state index in [1.165, 1.54) is 24.0 Å². The predicted molar refractivity (Wildman–Crippen MR) is 108 cm³/mol. The van der Waals surface area contributed by atoms with E-state index >= 15 is 0 Å². The van der Waals surface area contributed by atoms with E-state index < -0.39 is 0 Å². The molecule has 0 spiro atoms. The third-order valence-electron chi connectivity index (χ3n) is 4.41. The maximum atomic E-state index is 5.44. The average molecular weight is 431 g/mol. The van der Waals surface area contributed by atoms with E-state index in [9.17, 15) is 0 Å². The second-order valence-corrected chi connectivity index (χ2v) is 6.21. The molecule has 1 N–H and O–H groups in total. The lowest BCUT2D eigenvalue weighted by Crippen LogP contribution is -2.45. The summed E-state index contributed by atoms with van der Waals surface area (Å²) in [7, 11) is 3.60. The predicted octanol–water partition coefficient (Wildman–Crippen LogP) is 3.47. The van der Waals surface area contributed by atoms with Gasteiger partial charge in [0.1, 0.15) is 5.75 Å². The van der Waals surface area contributed by atoms with Gasteiger partial charge in [-0.1, -0.05) is 24.6 Å². The number of piperidine rings is 1. The number of halogens is 1. The van der Waals surface area contributed by atoms with Crippen molar-refractivity contribution < 1.29 is 4.74 Å². The maximum absolute atomic E-state index is 5.44. The van der Waals surface area contributed by atoms with Crippen molar-refractivity contribution in [3.8, 4) is 5.75 Å². The third kappa shape index (κ3) is 5.86. The van der Waals surface area contributed by atoms with E-state index in [1.54, 1.807) is 7.11 Å². The van der Waals surface area contributed by atoms with E-state index in [4.69, 9.17) is 4.74 Å². The van der Waals surface area contributed by atoms with Crippen molar-refractivity contribution in [2.75, 3.05) is 33.8 Å². The highest BCUT2D eigenvalue weighted by Crippen LogP contribution is 2.20. The second-order valence-electron chi connectivity index (χ2n) is 6.21. The fraction of sp³-hybridized carbons (Fsp3) is 0.611. The molecule has 0 radical (unpaired) electrons. The van der Waals surface area contributed by atoms with Crippen molar-refractivity contribution >= 4 is 29.9 Å². The summed E-state index contributed by atoms with van der Waals surface area (Å²) in [5, 5.41) is 3.49. The number of hydrogen-bond acceptors (Lipinski definition) is 2. The van der Waals surface area contributed by atoms with Crippen LogP contribution in [0, 0.1) is 12.8 Å². The van der Waals surface area contributed by atoms with Gasteiger partial charge in [0, 0.05) is 26.7 Å². The van der Waals surface area contributed by atoms with Crippen molar-refractivity contribution in [1.29, 1.82) is 0 Å². The van der Waals surface area contributed by atoms with Crippen molar-refractivity contribution in [3.63, 3.8) is 0 Å². The highest BCUT2D eigenvalue weighted by Gasteiger charge is 2.18. The zero-order valence-electron chi connectivity index (χ0n) is 14.8. The molecule has 0 unspecified atom stereocenters. The lowest BCUT2D eigenvalue weighted by molar-refractivity contribution is 0.273. The van der Waals surface area contributed by atoms with Gasteiger partial charge in [0.05, 0.1) is 7.11 Å². The smallest absolute Gasteiger partial charge is 0.193 e. The Labute approximate surface area is 157 Å². The zero-order valence-corrected chi connectivity index (χ0v) is 17.1. The number of benzene rings is 1. The molecule has 1 aliphatic rings. The van der Waals surface area contributed by atoms with E-state index in [2.05, 4.69) is 41.2 Å². The Morgan fingerprint density at radius 3 is 2.65 bits per heavy atom. The Balaban J connectivity index is 0.00000264. The zero-order chi connectivity index (χ0) is 15.9. The molecule has 0 aliphatic carbocycles. The first-order valence-electron chi connectivity index (χ1n) is 8.23. The molecule has 1 heterocycles. The SMILES string of the molecule is CN=C(NCCc1cc(C)ccc1OC)N1CCC(C)CC1.I. The first kappa shape index (κ1) is 20.1. The summed E-state index contributed by atoms with van der Waals surface area (Å²) in [6, 6.07) is 6.33. The van der Waals surface area contributed by atoms with Crippen LogP contribution in [0.2, 0.25) is 0 Å². The fourth-order valence-corrected chi connectivity index (χ4v) is 2.96. The third-order valence-corrected chi connectivity index (χ3v) is 4.41. The van der Waals surface area contributed by atoms with Gasteiger partial charge in [0.25, 0.3) is 0 Å². The molecule has 0 saturated carbocycles. The molecular formula is C18H30IN3O. The van der Waals surface area contributed by atoms with Gasteiger partial charge in [0.15, 0.2) is 5.96 Å². The Morgan fingerprint density at radius 1 is 1.35 bits per heavy atom. The van der Waals surface area contributed by atoms with Gasteiger partial charge in [-0.05, 0) is 43.7 Å². The summed E-state index contributed by atoms with van der Waals surface area (Å²) in [5.41, 5.74) is 2.52. The molecular weight excluding hydrogens is 401 g/mol. The number of rotatable bonds is 4. The van der Waals surface area contributed by atoms with Gasteiger partial charge in [-0.25, -0.2) is 0 Å². The molecule has 130 valence electrons. The summed E-state index contributed by atoms with van der Waals surface area (Å²) >= 11 is 0. The molecule has 2 rings (SSSR count). The molecule has 0 amide bonds. The second kappa shape index (κ2) is 10.0. The van der Waals surface area contributed by atoms with Crippen molar-refractivity contribution in [3.05, 3.63) is 29.3 Å². The minimum atomic E-state index is 0. The van der Waals surface area contributed by atoms with Gasteiger partial charge in [-0.2, -0.15) is 0 Å². The van der Waals surface area contributed by atoms with Crippen molar-refractivity contribution in [2.45, 2.75) is 33.1 Å². The molecule has 0 atom stereocenters. The van der Waals surface area contributed by atoms with Gasteiger partial charge in [0.2, 0.25) is 0 Å². The van der Waals surface area contributed by atoms with Crippen molar-refractivity contribution in [1.82, 2.24) is 10.2 Å². The summed E-state index contributed by atoms with van der Waals surface area (Å²) in [4.78, 5) is 6.80. The first-order chi connectivity index (χ1) is 10.6. The van der Waals surface area contributed by atoms with Gasteiger partial charge >= 0.3 is 0 Å². The summed E-state index contributed by atoms with van der Waals surface area (Å²) in [6.07, 6.45) is 3.45. The molecule has 1 fully saturated rings. The largest absolute Gasteiger partial charge is 0.496 e. The van der Waals surface area contributed by atoms with E-state index in [0.717, 1.165) is 43.7 Å². The summed E-state index contributed by atoms with van der Waals surface area (Å²) in [5.74, 6) is 2.83. The Morgan fingerprint density at radius 2 is 2.04 bits per heavy atom. The number of aryl methyl sites for hydroxylation is 1. The van der Waals surface area contributed by atoms with Crippen molar-refractivity contribution in [2.24, 2.45) is 10.9 Å². The summed E-state index contributed by atoms with van der Waals surface area (Å²) in [6.45, 7) is 7.53. The van der Waals surface area contributed by atoms with Gasteiger partial charge < -0.3 is 15.0 Å². The highest BCUT2D eigenvalue weighted by molar-refractivity contribution is 14.0. The minimum Gasteiger partial charge on any atom is -0.496 e. The van der Waals surface area contributed by atoms with Crippen LogP contribution in [-0.2, 0) is 6.42 Å². The lowest BCUT2D eigenvalue weighted by Gasteiger charge is -2.33. The molecule has 1 aliphatic heterocycles. The van der Waals surface area contributed by atoms with Gasteiger partial charge in [-0.3, -0.25) is 4.99 Å². The first-order valence-corrected chi connectivity index (χ1v) is 8.23. The molecule has 23 heavy (non-hydrogen) atoms. The van der Waals surface area contributed by atoms with Crippen LogP contribution in [0.25, 0.3) is 0 Å². The molecule has 0 aromatic heterocycles. The standard InChI is InChI=1S/C18H29N3O.HI/c1-14-8-11-21(12-9-14)18(19-3)20-10-7-16-13-15(2)5-6-17(16)22-4;/h5-6,13-14H,7-12H2,1-4H3,(H,19,20);1H. The molecule has 5 heteroatoms. The van der Waals surface area contributed by atoms with Crippen LogP contribution >= 0.6 is 24.0 Å². The van der Waals surface area contributed by atoms with E-state index in [-0.39, 0.29) is 24.0 Å². The monoisotopic (exact) mass is 431 g/mol. The highest BCUT2D eigenvalue weighted by atomic mass is 127. The van der Waals surface area contributed by atoms with Crippen LogP contribution in [0.4, 0.5) is 0 Å². The number of nitrogens with zero attached hydrogens (tertiary/aromatic N) is 2. The van der Waals surface area contributed by atoms with Crippen LogP contribution in [0.1, 0.15) is 30.9 Å². The molecule has 1 saturated heterocycles. The number of methoxy groups -OCH3 is 1. The number of hydrogen-bond donors (Lipinski definition) is 1. The number of likely N-dealkylation sites (tertiary alicyclic amines) is 1. The van der Waals surface area contributed by atoms with Crippen LogP contribution in [0.5, 0.6) is 5.75 Å². The van der Waals surface area contributed by atoms with Crippen LogP contribution in [0.15, 0.2) is 23.2 Å². The Kier molecular flexibility index (Phi) is 8.73. The topological polar surface area (TPSA) is 36.9 Å². The Bertz CT molecular complexity index is 511. The molecule has 1 aromatic carbocycles. The van der Waals surface area contributed by atoms with Crippen LogP contribution in [0.3, 0.4) is 0 Å². The number of nitrogens with one attached hydrogen (secondary N) is 1. The quantitative estimate of drug-likeness (QED) is 0.451. The molecule has 0 bridgehead atoms. The normalized spacial score (nSPS) is 16.0. The van der Waals surface area contributed by atoms with Gasteiger partial charge in [-0.15, -0.1) is 24.0 Å². The minimum absolute atomic E-state index is 0. The molecule has 1 aromatic rings. The molecule has 4 nitrogen and oxygen atoms in total.